The zero-order valence-electron chi connectivity index (χ0n) is 9.82. The molecule has 0 bridgehead atoms. The Labute approximate surface area is 96.2 Å². The van der Waals surface area contributed by atoms with Gasteiger partial charge < -0.3 is 5.11 Å². The second kappa shape index (κ2) is 5.69. The molecule has 1 aliphatic rings. The van der Waals surface area contributed by atoms with Gasteiger partial charge >= 0.3 is 5.97 Å². The molecule has 0 aromatic rings. The van der Waals surface area contributed by atoms with Crippen LogP contribution in [0.25, 0.3) is 0 Å². The molecule has 0 radical (unpaired) electrons. The van der Waals surface area contributed by atoms with Crippen LogP contribution < -0.4 is 0 Å². The van der Waals surface area contributed by atoms with Crippen molar-refractivity contribution in [3.63, 3.8) is 0 Å². The van der Waals surface area contributed by atoms with Crippen molar-refractivity contribution in [3.8, 4) is 11.8 Å². The molecule has 3 unspecified atom stereocenters. The lowest BCUT2D eigenvalue weighted by Gasteiger charge is -2.19. The van der Waals surface area contributed by atoms with Gasteiger partial charge in [-0.25, -0.2) is 0 Å². The molecule has 3 nitrogen and oxygen atoms in total. The third kappa shape index (κ3) is 2.85. The fourth-order valence-corrected chi connectivity index (χ4v) is 2.29. The molecule has 16 heavy (non-hydrogen) atoms. The van der Waals surface area contributed by atoms with Gasteiger partial charge in [0.15, 0.2) is 0 Å². The van der Waals surface area contributed by atoms with Gasteiger partial charge in [0.25, 0.3) is 0 Å². The molecule has 1 rings (SSSR count). The fourth-order valence-electron chi connectivity index (χ4n) is 2.29. The Bertz CT molecular complexity index is 335. The highest BCUT2D eigenvalue weighted by molar-refractivity contribution is 5.85. The first-order chi connectivity index (χ1) is 7.57. The van der Waals surface area contributed by atoms with Gasteiger partial charge in [0, 0.05) is 25.2 Å². The Morgan fingerprint density at radius 3 is 2.81 bits per heavy atom. The van der Waals surface area contributed by atoms with Crippen LogP contribution in [0.4, 0.5) is 0 Å². The summed E-state index contributed by atoms with van der Waals surface area (Å²) in [5, 5.41) is 8.97. The van der Waals surface area contributed by atoms with Gasteiger partial charge in [0.1, 0.15) is 5.78 Å². The molecule has 1 aliphatic carbocycles. The molecule has 3 heteroatoms. The molecule has 88 valence electrons. The fraction of sp³-hybridized carbons (Fsp3) is 0.692. The van der Waals surface area contributed by atoms with Crippen molar-refractivity contribution in [2.24, 2.45) is 17.8 Å². The predicted molar refractivity (Wildman–Crippen MR) is 60.7 cm³/mol. The second-order valence-corrected chi connectivity index (χ2v) is 4.31. The molecule has 0 aromatic carbocycles. The summed E-state index contributed by atoms with van der Waals surface area (Å²) in [5.41, 5.74) is 0. The van der Waals surface area contributed by atoms with Crippen LogP contribution in [0.2, 0.25) is 0 Å². The van der Waals surface area contributed by atoms with Crippen LogP contribution in [0.5, 0.6) is 0 Å². The molecule has 0 aromatic heterocycles. The van der Waals surface area contributed by atoms with E-state index < -0.39 is 11.9 Å². The first kappa shape index (κ1) is 12.8. The highest BCUT2D eigenvalue weighted by atomic mass is 16.4. The van der Waals surface area contributed by atoms with Crippen LogP contribution in [0.1, 0.15) is 39.5 Å². The number of carbonyl (C=O) groups excluding carboxylic acids is 1. The van der Waals surface area contributed by atoms with Gasteiger partial charge in [0.05, 0.1) is 5.92 Å². The Morgan fingerprint density at radius 1 is 1.56 bits per heavy atom. The zero-order valence-corrected chi connectivity index (χ0v) is 9.82. The Balaban J connectivity index is 2.69. The number of carboxylic acids is 1. The number of ketones is 1. The average molecular weight is 222 g/mol. The molecule has 0 saturated heterocycles. The van der Waals surface area contributed by atoms with Crippen molar-refractivity contribution in [3.05, 3.63) is 0 Å². The van der Waals surface area contributed by atoms with Gasteiger partial charge in [-0.1, -0.05) is 13.8 Å². The van der Waals surface area contributed by atoms with E-state index >= 15 is 0 Å². The smallest absolute Gasteiger partial charge is 0.306 e. The van der Waals surface area contributed by atoms with Gasteiger partial charge in [-0.2, -0.15) is 0 Å². The minimum atomic E-state index is -0.812. The highest BCUT2D eigenvalue weighted by Crippen LogP contribution is 2.36. The zero-order chi connectivity index (χ0) is 12.1. The van der Waals surface area contributed by atoms with Crippen LogP contribution in [0.15, 0.2) is 0 Å². The molecule has 0 spiro atoms. The van der Waals surface area contributed by atoms with Gasteiger partial charge in [-0.3, -0.25) is 9.59 Å². The Morgan fingerprint density at radius 2 is 2.25 bits per heavy atom. The number of hydrogen-bond acceptors (Lipinski definition) is 2. The van der Waals surface area contributed by atoms with Crippen molar-refractivity contribution in [1.82, 2.24) is 0 Å². The van der Waals surface area contributed by atoms with Crippen LogP contribution in [-0.4, -0.2) is 16.9 Å². The molecule has 0 aliphatic heterocycles. The monoisotopic (exact) mass is 222 g/mol. The number of aliphatic carboxylic acids is 1. The lowest BCUT2D eigenvalue weighted by Crippen LogP contribution is -2.26. The third-order valence-electron chi connectivity index (χ3n) is 3.31. The molecular formula is C13H18O3. The predicted octanol–water partition coefficient (Wildman–Crippen LogP) is 2.11. The standard InChI is InChI=1S/C13H18O3/c1-3-4-5-6-11-10(7-8-12(11)14)9(2)13(15)16/h9-11H,3,6-8H2,1-2H3,(H,15,16). The van der Waals surface area contributed by atoms with E-state index in [1.165, 1.54) is 0 Å². The van der Waals surface area contributed by atoms with Crippen LogP contribution >= 0.6 is 0 Å². The van der Waals surface area contributed by atoms with E-state index in [0.29, 0.717) is 19.3 Å². The average Bonchev–Trinajstić information content (AvgIpc) is 2.60. The first-order valence-corrected chi connectivity index (χ1v) is 5.79. The van der Waals surface area contributed by atoms with E-state index in [0.717, 1.165) is 6.42 Å². The molecule has 0 heterocycles. The largest absolute Gasteiger partial charge is 0.481 e. The summed E-state index contributed by atoms with van der Waals surface area (Å²) in [4.78, 5) is 22.6. The highest BCUT2D eigenvalue weighted by Gasteiger charge is 2.39. The van der Waals surface area contributed by atoms with Gasteiger partial charge in [0.2, 0.25) is 0 Å². The van der Waals surface area contributed by atoms with Gasteiger partial charge in [-0.15, -0.1) is 11.8 Å². The van der Waals surface area contributed by atoms with E-state index in [-0.39, 0.29) is 17.6 Å². The minimum absolute atomic E-state index is 0.0313. The molecular weight excluding hydrogens is 204 g/mol. The van der Waals surface area contributed by atoms with Crippen molar-refractivity contribution in [2.75, 3.05) is 0 Å². The maximum atomic E-state index is 11.6. The maximum absolute atomic E-state index is 11.6. The number of Topliss-reactive ketones (excluding diaryl/α,β-unsaturated/α-hetero) is 1. The quantitative estimate of drug-likeness (QED) is 0.744. The topological polar surface area (TPSA) is 54.4 Å². The summed E-state index contributed by atoms with van der Waals surface area (Å²) < 4.78 is 0. The van der Waals surface area contributed by atoms with Gasteiger partial charge in [-0.05, 0) is 12.3 Å². The summed E-state index contributed by atoms with van der Waals surface area (Å²) in [5.74, 6) is 4.64. The van der Waals surface area contributed by atoms with E-state index in [1.807, 2.05) is 6.92 Å². The van der Waals surface area contributed by atoms with E-state index in [4.69, 9.17) is 5.11 Å². The van der Waals surface area contributed by atoms with Crippen molar-refractivity contribution in [2.45, 2.75) is 39.5 Å². The molecule has 0 amide bonds. The summed E-state index contributed by atoms with van der Waals surface area (Å²) >= 11 is 0. The van der Waals surface area contributed by atoms with E-state index in [9.17, 15) is 9.59 Å². The number of carboxylic acid groups (broad SMARTS) is 1. The summed E-state index contributed by atoms with van der Waals surface area (Å²) in [7, 11) is 0. The lowest BCUT2D eigenvalue weighted by molar-refractivity contribution is -0.143. The van der Waals surface area contributed by atoms with Crippen molar-refractivity contribution in [1.29, 1.82) is 0 Å². The number of hydrogen-bond donors (Lipinski definition) is 1. The van der Waals surface area contributed by atoms with E-state index in [1.54, 1.807) is 6.92 Å². The maximum Gasteiger partial charge on any atom is 0.306 e. The molecule has 1 fully saturated rings. The Kier molecular flexibility index (Phi) is 4.54. The first-order valence-electron chi connectivity index (χ1n) is 5.79. The SMILES string of the molecule is CCC#CCC1C(=O)CCC1C(C)C(=O)O. The summed E-state index contributed by atoms with van der Waals surface area (Å²) in [6.45, 7) is 3.65. The van der Waals surface area contributed by atoms with Crippen molar-refractivity contribution >= 4 is 11.8 Å². The minimum Gasteiger partial charge on any atom is -0.481 e. The van der Waals surface area contributed by atoms with E-state index in [2.05, 4.69) is 11.8 Å². The lowest BCUT2D eigenvalue weighted by atomic mass is 9.83. The normalized spacial score (nSPS) is 26.0. The third-order valence-corrected chi connectivity index (χ3v) is 3.31. The van der Waals surface area contributed by atoms with Crippen molar-refractivity contribution < 1.29 is 14.7 Å². The number of carbonyl (C=O) groups is 2. The molecule has 3 atom stereocenters. The van der Waals surface area contributed by atoms with Crippen LogP contribution in [0, 0.1) is 29.6 Å². The van der Waals surface area contributed by atoms with Crippen LogP contribution in [-0.2, 0) is 9.59 Å². The summed E-state index contributed by atoms with van der Waals surface area (Å²) in [6.07, 6.45) is 2.51. The second-order valence-electron chi connectivity index (χ2n) is 4.31. The molecule has 1 saturated carbocycles. The molecule has 1 N–H and O–H groups in total. The van der Waals surface area contributed by atoms with Crippen LogP contribution in [0.3, 0.4) is 0 Å². The summed E-state index contributed by atoms with van der Waals surface area (Å²) in [6, 6.07) is 0. The number of rotatable bonds is 3. The Hall–Kier alpha value is -1.30.